The lowest BCUT2D eigenvalue weighted by molar-refractivity contribution is 0.904. The van der Waals surface area contributed by atoms with Crippen molar-refractivity contribution in [2.75, 3.05) is 0 Å². The van der Waals surface area contributed by atoms with Crippen LogP contribution in [0.15, 0.2) is 12.3 Å². The molecule has 0 aliphatic rings. The Morgan fingerprint density at radius 2 is 2.45 bits per heavy atom. The van der Waals surface area contributed by atoms with E-state index < -0.39 is 0 Å². The molecule has 0 fully saturated rings. The molecule has 0 aromatic carbocycles. The maximum atomic E-state index is 8.37. The normalized spacial score (nSPS) is 9.09. The minimum absolute atomic E-state index is 0.371. The molecule has 0 spiro atoms. The summed E-state index contributed by atoms with van der Waals surface area (Å²) in [6.07, 6.45) is 2.88. The fourth-order valence-electron chi connectivity index (χ4n) is 0.791. The highest BCUT2D eigenvalue weighted by molar-refractivity contribution is 5.06. The lowest BCUT2D eigenvalue weighted by Crippen LogP contribution is -1.95. The van der Waals surface area contributed by atoms with Crippen LogP contribution in [0, 0.1) is 11.3 Å². The van der Waals surface area contributed by atoms with Crippen LogP contribution in [-0.4, -0.2) is 9.97 Å². The number of aromatic nitrogens is 2. The zero-order valence-electron chi connectivity index (χ0n) is 6.41. The van der Waals surface area contributed by atoms with E-state index in [-0.39, 0.29) is 0 Å². The first-order valence-electron chi connectivity index (χ1n) is 3.54. The number of aryl methyl sites for hydroxylation is 1. The van der Waals surface area contributed by atoms with E-state index in [1.165, 1.54) is 0 Å². The van der Waals surface area contributed by atoms with Gasteiger partial charge in [0.1, 0.15) is 5.82 Å². The minimum Gasteiger partial charge on any atom is -0.241 e. The Bertz CT molecular complexity index is 275. The van der Waals surface area contributed by atoms with Crippen molar-refractivity contribution in [1.82, 2.24) is 9.97 Å². The molecule has 1 heterocycles. The van der Waals surface area contributed by atoms with Crippen molar-refractivity contribution in [2.45, 2.75) is 19.8 Å². The Kier molecular flexibility index (Phi) is 2.56. The van der Waals surface area contributed by atoms with Crippen LogP contribution in [0.4, 0.5) is 0 Å². The second kappa shape index (κ2) is 3.67. The highest BCUT2D eigenvalue weighted by atomic mass is 14.9. The Morgan fingerprint density at radius 3 is 3.09 bits per heavy atom. The molecule has 1 rings (SSSR count). The summed E-state index contributed by atoms with van der Waals surface area (Å²) in [6, 6.07) is 3.81. The van der Waals surface area contributed by atoms with Gasteiger partial charge in [0, 0.05) is 12.6 Å². The number of hydrogen-bond donors (Lipinski definition) is 0. The maximum Gasteiger partial charge on any atom is 0.128 e. The fraction of sp³-hybridized carbons (Fsp3) is 0.375. The summed E-state index contributed by atoms with van der Waals surface area (Å²) in [5.74, 6) is 0.803. The van der Waals surface area contributed by atoms with Crippen LogP contribution in [-0.2, 0) is 12.8 Å². The van der Waals surface area contributed by atoms with Gasteiger partial charge in [-0.1, -0.05) is 6.92 Å². The van der Waals surface area contributed by atoms with Crippen LogP contribution in [0.1, 0.15) is 18.4 Å². The Morgan fingerprint density at radius 1 is 1.64 bits per heavy atom. The smallest absolute Gasteiger partial charge is 0.128 e. The molecular formula is C8H9N3. The van der Waals surface area contributed by atoms with Gasteiger partial charge in [-0.2, -0.15) is 5.26 Å². The fourth-order valence-corrected chi connectivity index (χ4v) is 0.791. The van der Waals surface area contributed by atoms with Gasteiger partial charge in [-0.05, 0) is 6.07 Å². The molecule has 0 saturated carbocycles. The molecule has 1 aromatic rings. The molecule has 56 valence electrons. The lowest BCUT2D eigenvalue weighted by atomic mass is 10.3. The molecule has 0 aliphatic carbocycles. The van der Waals surface area contributed by atoms with Gasteiger partial charge in [-0.25, -0.2) is 9.97 Å². The van der Waals surface area contributed by atoms with E-state index in [0.717, 1.165) is 17.9 Å². The molecule has 0 bridgehead atoms. The topological polar surface area (TPSA) is 49.6 Å². The van der Waals surface area contributed by atoms with E-state index in [0.29, 0.717) is 6.42 Å². The van der Waals surface area contributed by atoms with E-state index in [1.807, 2.05) is 13.0 Å². The molecule has 0 saturated heterocycles. The second-order valence-electron chi connectivity index (χ2n) is 2.15. The summed E-state index contributed by atoms with van der Waals surface area (Å²) in [6.45, 7) is 1.99. The molecule has 11 heavy (non-hydrogen) atoms. The van der Waals surface area contributed by atoms with Crippen molar-refractivity contribution in [3.8, 4) is 6.07 Å². The molecule has 0 amide bonds. The van der Waals surface area contributed by atoms with Crippen LogP contribution in [0.5, 0.6) is 0 Å². The van der Waals surface area contributed by atoms with Gasteiger partial charge >= 0.3 is 0 Å². The minimum atomic E-state index is 0.371. The Labute approximate surface area is 65.7 Å². The molecule has 1 aromatic heterocycles. The Balaban J connectivity index is 2.84. The molecule has 0 aliphatic heterocycles. The Hall–Kier alpha value is -1.43. The molecule has 3 nitrogen and oxygen atoms in total. The highest BCUT2D eigenvalue weighted by Gasteiger charge is 1.94. The molecule has 0 unspecified atom stereocenters. The van der Waals surface area contributed by atoms with Crippen molar-refractivity contribution in [3.05, 3.63) is 23.8 Å². The summed E-state index contributed by atoms with van der Waals surface area (Å²) >= 11 is 0. The number of nitriles is 1. The van der Waals surface area contributed by atoms with Crippen molar-refractivity contribution < 1.29 is 0 Å². The molecule has 0 N–H and O–H groups in total. The zero-order valence-corrected chi connectivity index (χ0v) is 6.41. The van der Waals surface area contributed by atoms with E-state index >= 15 is 0 Å². The van der Waals surface area contributed by atoms with Crippen molar-refractivity contribution in [3.63, 3.8) is 0 Å². The van der Waals surface area contributed by atoms with Crippen LogP contribution >= 0.6 is 0 Å². The van der Waals surface area contributed by atoms with Crippen LogP contribution in [0.2, 0.25) is 0 Å². The zero-order chi connectivity index (χ0) is 8.10. The summed E-state index contributed by atoms with van der Waals surface area (Å²) in [5, 5.41) is 8.37. The molecular weight excluding hydrogens is 138 g/mol. The maximum absolute atomic E-state index is 8.37. The monoisotopic (exact) mass is 147 g/mol. The molecule has 0 atom stereocenters. The number of hydrogen-bond acceptors (Lipinski definition) is 3. The summed E-state index contributed by atoms with van der Waals surface area (Å²) < 4.78 is 0. The van der Waals surface area contributed by atoms with Crippen LogP contribution in [0.3, 0.4) is 0 Å². The average molecular weight is 147 g/mol. The summed E-state index contributed by atoms with van der Waals surface area (Å²) in [5.41, 5.74) is 0.805. The predicted molar refractivity (Wildman–Crippen MR) is 40.7 cm³/mol. The third-order valence-corrected chi connectivity index (χ3v) is 1.34. The van der Waals surface area contributed by atoms with Crippen LogP contribution in [0.25, 0.3) is 0 Å². The molecule has 3 heteroatoms. The standard InChI is InChI=1S/C8H9N3/c1-2-8-10-6-4-7(11-8)3-5-9/h4,6H,2-3H2,1H3. The van der Waals surface area contributed by atoms with Gasteiger partial charge in [0.2, 0.25) is 0 Å². The first-order valence-corrected chi connectivity index (χ1v) is 3.54. The van der Waals surface area contributed by atoms with Crippen molar-refractivity contribution in [1.29, 1.82) is 5.26 Å². The van der Waals surface area contributed by atoms with Crippen LogP contribution < -0.4 is 0 Å². The average Bonchev–Trinajstić information content (AvgIpc) is 2.06. The molecule has 0 radical (unpaired) electrons. The van der Waals surface area contributed by atoms with Gasteiger partial charge < -0.3 is 0 Å². The predicted octanol–water partition coefficient (Wildman–Crippen LogP) is 1.11. The first kappa shape index (κ1) is 7.67. The summed E-state index contributed by atoms with van der Waals surface area (Å²) in [4.78, 5) is 8.17. The van der Waals surface area contributed by atoms with E-state index in [9.17, 15) is 0 Å². The van der Waals surface area contributed by atoms with E-state index in [1.54, 1.807) is 12.3 Å². The first-order chi connectivity index (χ1) is 5.36. The number of nitrogens with zero attached hydrogens (tertiary/aromatic N) is 3. The summed E-state index contributed by atoms with van der Waals surface area (Å²) in [7, 11) is 0. The van der Waals surface area contributed by atoms with Gasteiger partial charge in [-0.3, -0.25) is 0 Å². The van der Waals surface area contributed by atoms with Gasteiger partial charge in [0.05, 0.1) is 18.2 Å². The van der Waals surface area contributed by atoms with Crippen molar-refractivity contribution >= 4 is 0 Å². The third-order valence-electron chi connectivity index (χ3n) is 1.34. The number of rotatable bonds is 2. The second-order valence-corrected chi connectivity index (χ2v) is 2.15. The van der Waals surface area contributed by atoms with E-state index in [4.69, 9.17) is 5.26 Å². The van der Waals surface area contributed by atoms with Gasteiger partial charge in [0.25, 0.3) is 0 Å². The SMILES string of the molecule is CCc1nccc(CC#N)n1. The van der Waals surface area contributed by atoms with Gasteiger partial charge in [-0.15, -0.1) is 0 Å². The third kappa shape index (κ3) is 2.01. The lowest BCUT2D eigenvalue weighted by Gasteiger charge is -1.95. The van der Waals surface area contributed by atoms with Gasteiger partial charge in [0.15, 0.2) is 0 Å². The van der Waals surface area contributed by atoms with E-state index in [2.05, 4.69) is 9.97 Å². The quantitative estimate of drug-likeness (QED) is 0.629. The highest BCUT2D eigenvalue weighted by Crippen LogP contribution is 1.96. The van der Waals surface area contributed by atoms with Crippen molar-refractivity contribution in [2.24, 2.45) is 0 Å². The largest absolute Gasteiger partial charge is 0.241 e.